The summed E-state index contributed by atoms with van der Waals surface area (Å²) < 4.78 is 4.80. The average Bonchev–Trinajstić information content (AvgIpc) is 2.73. The fourth-order valence-corrected chi connectivity index (χ4v) is 3.65. The predicted molar refractivity (Wildman–Crippen MR) is 111 cm³/mol. The molecule has 1 aliphatic rings. The van der Waals surface area contributed by atoms with Crippen molar-refractivity contribution in [3.8, 4) is 11.4 Å². The third kappa shape index (κ3) is 4.12. The number of carbonyl (C=O) groups is 1. The highest BCUT2D eigenvalue weighted by Crippen LogP contribution is 2.21. The van der Waals surface area contributed by atoms with E-state index in [9.17, 15) is 9.59 Å². The number of rotatable bonds is 4. The lowest BCUT2D eigenvalue weighted by atomic mass is 10.0. The number of carbonyl (C=O) groups excluding carboxylic acids is 1. The van der Waals surface area contributed by atoms with Crippen molar-refractivity contribution >= 4 is 5.97 Å². The molecule has 1 N–H and O–H groups in total. The van der Waals surface area contributed by atoms with Gasteiger partial charge in [0.05, 0.1) is 18.4 Å². The first-order valence-electron chi connectivity index (χ1n) is 9.62. The lowest BCUT2D eigenvalue weighted by molar-refractivity contribution is 0.0600. The lowest BCUT2D eigenvalue weighted by Gasteiger charge is -2.27. The van der Waals surface area contributed by atoms with Crippen molar-refractivity contribution < 1.29 is 9.53 Å². The van der Waals surface area contributed by atoms with Crippen LogP contribution < -0.4 is 5.56 Å². The zero-order valence-electron chi connectivity index (χ0n) is 16.6. The monoisotopic (exact) mass is 389 g/mol. The number of nitrogens with zero attached hydrogens (tertiary/aromatic N) is 2. The van der Waals surface area contributed by atoms with E-state index in [1.54, 1.807) is 6.07 Å². The minimum atomic E-state index is -0.341. The maximum atomic E-state index is 12.6. The van der Waals surface area contributed by atoms with Gasteiger partial charge in [-0.15, -0.1) is 0 Å². The summed E-state index contributed by atoms with van der Waals surface area (Å²) in [5, 5.41) is 0. The van der Waals surface area contributed by atoms with Crippen LogP contribution in [-0.2, 0) is 24.2 Å². The van der Waals surface area contributed by atoms with Gasteiger partial charge in [-0.1, -0.05) is 42.0 Å². The number of hydrogen-bond donors (Lipinski definition) is 1. The number of methoxy groups -OCH3 is 1. The van der Waals surface area contributed by atoms with Crippen molar-refractivity contribution in [3.05, 3.63) is 86.8 Å². The van der Waals surface area contributed by atoms with Crippen LogP contribution in [-0.4, -0.2) is 34.5 Å². The van der Waals surface area contributed by atoms with Crippen molar-refractivity contribution in [3.63, 3.8) is 0 Å². The molecule has 29 heavy (non-hydrogen) atoms. The van der Waals surface area contributed by atoms with E-state index in [2.05, 4.69) is 9.88 Å². The molecule has 0 amide bonds. The summed E-state index contributed by atoms with van der Waals surface area (Å²) in [7, 11) is 1.38. The van der Waals surface area contributed by atoms with Gasteiger partial charge in [-0.2, -0.15) is 0 Å². The molecular formula is C23H23N3O3. The Balaban J connectivity index is 1.57. The van der Waals surface area contributed by atoms with Crippen LogP contribution in [0, 0.1) is 6.92 Å². The van der Waals surface area contributed by atoms with Gasteiger partial charge >= 0.3 is 5.97 Å². The van der Waals surface area contributed by atoms with E-state index >= 15 is 0 Å². The van der Waals surface area contributed by atoms with E-state index in [0.717, 1.165) is 34.5 Å². The number of hydrogen-bond acceptors (Lipinski definition) is 5. The molecule has 0 bridgehead atoms. The fourth-order valence-electron chi connectivity index (χ4n) is 3.65. The number of ether oxygens (including phenoxy) is 1. The van der Waals surface area contributed by atoms with Crippen LogP contribution in [0.25, 0.3) is 11.4 Å². The Bertz CT molecular complexity index is 1100. The van der Waals surface area contributed by atoms with Crippen LogP contribution in [0.15, 0.2) is 53.3 Å². The Hall–Kier alpha value is -3.25. The van der Waals surface area contributed by atoms with E-state index in [1.807, 2.05) is 49.4 Å². The highest BCUT2D eigenvalue weighted by Gasteiger charge is 2.21. The van der Waals surface area contributed by atoms with Gasteiger partial charge in [-0.25, -0.2) is 9.78 Å². The molecule has 2 aromatic carbocycles. The zero-order chi connectivity index (χ0) is 20.4. The summed E-state index contributed by atoms with van der Waals surface area (Å²) in [4.78, 5) is 34.3. The van der Waals surface area contributed by atoms with Gasteiger partial charge < -0.3 is 9.72 Å². The molecule has 3 aromatic rings. The number of esters is 1. The first-order valence-corrected chi connectivity index (χ1v) is 9.62. The zero-order valence-corrected chi connectivity index (χ0v) is 16.6. The fraction of sp³-hybridized carbons (Fsp3) is 0.261. The molecule has 0 fully saturated rings. The van der Waals surface area contributed by atoms with E-state index < -0.39 is 0 Å². The molecule has 2 heterocycles. The molecule has 1 aliphatic heterocycles. The van der Waals surface area contributed by atoms with E-state index in [-0.39, 0.29) is 11.5 Å². The van der Waals surface area contributed by atoms with Crippen molar-refractivity contribution in [1.82, 2.24) is 14.9 Å². The van der Waals surface area contributed by atoms with Gasteiger partial charge in [0.25, 0.3) is 5.56 Å². The first kappa shape index (κ1) is 19.1. The summed E-state index contributed by atoms with van der Waals surface area (Å²) in [6.45, 7) is 4.07. The minimum Gasteiger partial charge on any atom is -0.465 e. The SMILES string of the molecule is COC(=O)c1cccc(CN2CCc3c(nc(-c4ccc(C)cc4)[nH]c3=O)C2)c1. The summed E-state index contributed by atoms with van der Waals surface area (Å²) in [6.07, 6.45) is 0.655. The van der Waals surface area contributed by atoms with Crippen LogP contribution in [0.5, 0.6) is 0 Å². The van der Waals surface area contributed by atoms with Crippen molar-refractivity contribution in [1.29, 1.82) is 0 Å². The Morgan fingerprint density at radius 2 is 2.00 bits per heavy atom. The van der Waals surface area contributed by atoms with Crippen LogP contribution in [0.3, 0.4) is 0 Å². The van der Waals surface area contributed by atoms with Crippen molar-refractivity contribution in [2.75, 3.05) is 13.7 Å². The molecule has 0 aliphatic carbocycles. The number of aromatic nitrogens is 2. The second-order valence-corrected chi connectivity index (χ2v) is 7.36. The van der Waals surface area contributed by atoms with Crippen molar-refractivity contribution in [2.45, 2.75) is 26.4 Å². The van der Waals surface area contributed by atoms with E-state index in [4.69, 9.17) is 9.72 Å². The minimum absolute atomic E-state index is 0.0575. The summed E-state index contributed by atoms with van der Waals surface area (Å²) in [5.74, 6) is 0.259. The van der Waals surface area contributed by atoms with E-state index in [1.165, 1.54) is 7.11 Å². The molecule has 6 heteroatoms. The van der Waals surface area contributed by atoms with E-state index in [0.29, 0.717) is 30.9 Å². The smallest absolute Gasteiger partial charge is 0.337 e. The Kier molecular flexibility index (Phi) is 5.27. The Morgan fingerprint density at radius 3 is 2.76 bits per heavy atom. The standard InChI is InChI=1S/C23H23N3O3/c1-15-6-8-17(9-7-15)21-24-20-14-26(11-10-19(20)22(27)25-21)13-16-4-3-5-18(12-16)23(28)29-2/h3-9,12H,10-11,13-14H2,1-2H3,(H,24,25,27). The van der Waals surface area contributed by atoms with Crippen molar-refractivity contribution in [2.24, 2.45) is 0 Å². The first-order chi connectivity index (χ1) is 14.0. The topological polar surface area (TPSA) is 75.3 Å². The number of fused-ring (bicyclic) bond motifs is 1. The molecular weight excluding hydrogens is 366 g/mol. The number of H-pyrrole nitrogens is 1. The summed E-state index contributed by atoms with van der Waals surface area (Å²) >= 11 is 0. The quantitative estimate of drug-likeness (QED) is 0.694. The van der Waals surface area contributed by atoms with Gasteiger partial charge in [0.15, 0.2) is 0 Å². The van der Waals surface area contributed by atoms with Crippen LogP contribution in [0.4, 0.5) is 0 Å². The summed E-state index contributed by atoms with van der Waals surface area (Å²) in [6, 6.07) is 15.4. The molecule has 0 spiro atoms. The second kappa shape index (κ2) is 8.01. The molecule has 1 aromatic heterocycles. The third-order valence-corrected chi connectivity index (χ3v) is 5.23. The third-order valence-electron chi connectivity index (χ3n) is 5.23. The Morgan fingerprint density at radius 1 is 1.21 bits per heavy atom. The lowest BCUT2D eigenvalue weighted by Crippen LogP contribution is -2.35. The highest BCUT2D eigenvalue weighted by atomic mass is 16.5. The second-order valence-electron chi connectivity index (χ2n) is 7.36. The van der Waals surface area contributed by atoms with Crippen LogP contribution in [0.2, 0.25) is 0 Å². The van der Waals surface area contributed by atoms with Gasteiger partial charge in [-0.05, 0) is 31.0 Å². The van der Waals surface area contributed by atoms with Gasteiger partial charge in [0, 0.05) is 30.8 Å². The van der Waals surface area contributed by atoms with Gasteiger partial charge in [0.2, 0.25) is 0 Å². The molecule has 0 atom stereocenters. The summed E-state index contributed by atoms with van der Waals surface area (Å²) in [5.41, 5.74) is 5.16. The highest BCUT2D eigenvalue weighted by molar-refractivity contribution is 5.89. The molecule has 0 radical (unpaired) electrons. The van der Waals surface area contributed by atoms with Crippen LogP contribution in [0.1, 0.15) is 32.7 Å². The van der Waals surface area contributed by atoms with Gasteiger partial charge in [0.1, 0.15) is 5.82 Å². The predicted octanol–water partition coefficient (Wildman–Crippen LogP) is 3.09. The molecule has 0 unspecified atom stereocenters. The average molecular weight is 389 g/mol. The van der Waals surface area contributed by atoms with Crippen LogP contribution >= 0.6 is 0 Å². The molecule has 0 saturated heterocycles. The largest absolute Gasteiger partial charge is 0.465 e. The Labute approximate surface area is 169 Å². The number of aromatic amines is 1. The van der Waals surface area contributed by atoms with Gasteiger partial charge in [-0.3, -0.25) is 9.69 Å². The normalized spacial score (nSPS) is 13.7. The number of nitrogens with one attached hydrogen (secondary N) is 1. The maximum Gasteiger partial charge on any atom is 0.337 e. The molecule has 4 rings (SSSR count). The number of aryl methyl sites for hydroxylation is 1. The maximum absolute atomic E-state index is 12.6. The molecule has 0 saturated carbocycles. The molecule has 148 valence electrons. The number of benzene rings is 2. The molecule has 6 nitrogen and oxygen atoms in total.